The van der Waals surface area contributed by atoms with Gasteiger partial charge in [-0.1, -0.05) is 13.8 Å². The van der Waals surface area contributed by atoms with Crippen LogP contribution in [0.1, 0.15) is 39.5 Å². The van der Waals surface area contributed by atoms with E-state index in [-0.39, 0.29) is 37.6 Å². The summed E-state index contributed by atoms with van der Waals surface area (Å²) in [5, 5.41) is 2.74. The highest BCUT2D eigenvalue weighted by Crippen LogP contribution is 2.45. The smallest absolute Gasteiger partial charge is 0.408 e. The minimum atomic E-state index is -2.60. The van der Waals surface area contributed by atoms with Crippen LogP contribution in [0.3, 0.4) is 0 Å². The molecule has 2 fully saturated rings. The Morgan fingerprint density at radius 1 is 1.31 bits per heavy atom. The number of nitrogens with one attached hydrogen (secondary N) is 1. The first-order chi connectivity index (χ1) is 7.35. The summed E-state index contributed by atoms with van der Waals surface area (Å²) in [6.07, 6.45) is -0.344. The van der Waals surface area contributed by atoms with Crippen LogP contribution in [0.4, 0.5) is 13.6 Å². The van der Waals surface area contributed by atoms with Crippen LogP contribution in [0.2, 0.25) is 0 Å². The first-order valence-electron chi connectivity index (χ1n) is 5.72. The Kier molecular flexibility index (Phi) is 2.59. The number of alkyl halides is 2. The zero-order chi connectivity index (χ0) is 12.0. The van der Waals surface area contributed by atoms with Crippen LogP contribution in [0.25, 0.3) is 0 Å². The van der Waals surface area contributed by atoms with Gasteiger partial charge in [0.2, 0.25) is 5.92 Å². The molecule has 92 valence electrons. The van der Waals surface area contributed by atoms with E-state index in [1.165, 1.54) is 0 Å². The number of alkyl carbamates (subject to hydrolysis) is 1. The number of carbonyl (C=O) groups is 1. The molecule has 1 saturated heterocycles. The molecule has 3 nitrogen and oxygen atoms in total. The van der Waals surface area contributed by atoms with Gasteiger partial charge in [-0.25, -0.2) is 13.6 Å². The molecular formula is C11H17F2NO2. The van der Waals surface area contributed by atoms with E-state index in [0.29, 0.717) is 0 Å². The van der Waals surface area contributed by atoms with Crippen molar-refractivity contribution in [1.82, 2.24) is 5.32 Å². The van der Waals surface area contributed by atoms with Gasteiger partial charge in [-0.05, 0) is 18.8 Å². The van der Waals surface area contributed by atoms with Crippen LogP contribution in [-0.4, -0.2) is 23.7 Å². The quantitative estimate of drug-likeness (QED) is 0.756. The highest BCUT2D eigenvalue weighted by atomic mass is 19.3. The Balaban J connectivity index is 2.15. The fourth-order valence-corrected chi connectivity index (χ4v) is 2.76. The first kappa shape index (κ1) is 11.6. The molecule has 2 rings (SSSR count). The van der Waals surface area contributed by atoms with Crippen LogP contribution in [0.15, 0.2) is 0 Å². The van der Waals surface area contributed by atoms with E-state index in [1.807, 2.05) is 13.8 Å². The Hall–Kier alpha value is -0.870. The lowest BCUT2D eigenvalue weighted by Gasteiger charge is -2.40. The van der Waals surface area contributed by atoms with Gasteiger partial charge in [0, 0.05) is 12.8 Å². The Bertz CT molecular complexity index is 294. The second-order valence-electron chi connectivity index (χ2n) is 5.18. The molecule has 1 N–H and O–H groups in total. The average Bonchev–Trinajstić information content (AvgIpc) is 2.50. The summed E-state index contributed by atoms with van der Waals surface area (Å²) in [6.45, 7) is 3.93. The van der Waals surface area contributed by atoms with E-state index in [2.05, 4.69) is 5.32 Å². The molecule has 1 aliphatic carbocycles. The molecule has 1 saturated carbocycles. The maximum atomic E-state index is 13.1. The summed E-state index contributed by atoms with van der Waals surface area (Å²) in [7, 11) is 0. The van der Waals surface area contributed by atoms with Gasteiger partial charge in [0.25, 0.3) is 0 Å². The van der Waals surface area contributed by atoms with Gasteiger partial charge >= 0.3 is 6.09 Å². The predicted octanol–water partition coefficient (Wildman–Crippen LogP) is 2.70. The number of amides is 1. The molecule has 0 radical (unpaired) electrons. The normalized spacial score (nSPS) is 31.6. The van der Waals surface area contributed by atoms with E-state index in [9.17, 15) is 13.6 Å². The minimum Gasteiger partial charge on any atom is -0.441 e. The number of halogens is 2. The van der Waals surface area contributed by atoms with Crippen LogP contribution < -0.4 is 5.32 Å². The number of ether oxygens (including phenoxy) is 1. The van der Waals surface area contributed by atoms with Crippen molar-refractivity contribution in [2.24, 2.45) is 5.92 Å². The van der Waals surface area contributed by atoms with Gasteiger partial charge in [0.1, 0.15) is 5.60 Å². The fourth-order valence-electron chi connectivity index (χ4n) is 2.76. The fraction of sp³-hybridized carbons (Fsp3) is 0.909. The molecule has 1 amide bonds. The summed E-state index contributed by atoms with van der Waals surface area (Å²) in [5.41, 5.74) is -0.701. The van der Waals surface area contributed by atoms with E-state index in [0.717, 1.165) is 0 Å². The van der Waals surface area contributed by atoms with Crippen LogP contribution in [-0.2, 0) is 4.74 Å². The Morgan fingerprint density at radius 3 is 2.38 bits per heavy atom. The molecule has 1 atom stereocenters. The maximum Gasteiger partial charge on any atom is 0.408 e. The van der Waals surface area contributed by atoms with E-state index < -0.39 is 17.6 Å². The summed E-state index contributed by atoms with van der Waals surface area (Å²) in [5.74, 6) is -2.40. The van der Waals surface area contributed by atoms with Crippen molar-refractivity contribution in [1.29, 1.82) is 0 Å². The summed E-state index contributed by atoms with van der Waals surface area (Å²) in [4.78, 5) is 11.3. The van der Waals surface area contributed by atoms with Crippen molar-refractivity contribution in [2.45, 2.75) is 57.1 Å². The van der Waals surface area contributed by atoms with Crippen molar-refractivity contribution in [3.05, 3.63) is 0 Å². The van der Waals surface area contributed by atoms with Crippen molar-refractivity contribution in [3.8, 4) is 0 Å². The molecule has 1 heterocycles. The van der Waals surface area contributed by atoms with Crippen molar-refractivity contribution >= 4 is 6.09 Å². The van der Waals surface area contributed by atoms with Gasteiger partial charge in [0.05, 0.1) is 6.04 Å². The molecule has 0 bridgehead atoms. The molecule has 1 spiro atoms. The van der Waals surface area contributed by atoms with Crippen LogP contribution in [0, 0.1) is 5.92 Å². The SMILES string of the molecule is CC(C)C1NC(=O)OC12CCC(F)(F)CC2. The van der Waals surface area contributed by atoms with Gasteiger partial charge in [-0.3, -0.25) is 0 Å². The predicted molar refractivity (Wildman–Crippen MR) is 54.4 cm³/mol. The highest BCUT2D eigenvalue weighted by molar-refractivity contribution is 5.71. The van der Waals surface area contributed by atoms with E-state index in [1.54, 1.807) is 0 Å². The number of hydrogen-bond acceptors (Lipinski definition) is 2. The van der Waals surface area contributed by atoms with Crippen molar-refractivity contribution < 1.29 is 18.3 Å². The lowest BCUT2D eigenvalue weighted by molar-refractivity contribution is -0.103. The first-order valence-corrected chi connectivity index (χ1v) is 5.72. The lowest BCUT2D eigenvalue weighted by Crippen LogP contribution is -2.50. The molecule has 1 aliphatic heterocycles. The number of hydrogen-bond donors (Lipinski definition) is 1. The van der Waals surface area contributed by atoms with E-state index >= 15 is 0 Å². The average molecular weight is 233 g/mol. The highest BCUT2D eigenvalue weighted by Gasteiger charge is 2.55. The molecule has 16 heavy (non-hydrogen) atoms. The van der Waals surface area contributed by atoms with Crippen LogP contribution in [0.5, 0.6) is 0 Å². The second kappa shape index (κ2) is 3.57. The van der Waals surface area contributed by atoms with E-state index in [4.69, 9.17) is 4.74 Å². The van der Waals surface area contributed by atoms with Crippen LogP contribution >= 0.6 is 0 Å². The lowest BCUT2D eigenvalue weighted by atomic mass is 9.75. The molecule has 5 heteroatoms. The Morgan fingerprint density at radius 2 is 1.88 bits per heavy atom. The largest absolute Gasteiger partial charge is 0.441 e. The van der Waals surface area contributed by atoms with Crippen molar-refractivity contribution in [3.63, 3.8) is 0 Å². The molecular weight excluding hydrogens is 216 g/mol. The summed E-state index contributed by atoms with van der Waals surface area (Å²) >= 11 is 0. The van der Waals surface area contributed by atoms with Gasteiger partial charge < -0.3 is 10.1 Å². The zero-order valence-corrected chi connectivity index (χ0v) is 9.56. The van der Waals surface area contributed by atoms with Crippen molar-refractivity contribution in [2.75, 3.05) is 0 Å². The number of carbonyl (C=O) groups excluding carboxylic acids is 1. The van der Waals surface area contributed by atoms with Gasteiger partial charge in [0.15, 0.2) is 0 Å². The molecule has 0 aromatic heterocycles. The summed E-state index contributed by atoms with van der Waals surface area (Å²) < 4.78 is 31.5. The molecule has 1 unspecified atom stereocenters. The van der Waals surface area contributed by atoms with Gasteiger partial charge in [-0.15, -0.1) is 0 Å². The third-order valence-corrected chi connectivity index (χ3v) is 3.63. The minimum absolute atomic E-state index is 0.143. The summed E-state index contributed by atoms with van der Waals surface area (Å²) in [6, 6.07) is -0.143. The zero-order valence-electron chi connectivity index (χ0n) is 9.56. The molecule has 0 aromatic rings. The Labute approximate surface area is 93.5 Å². The molecule has 2 aliphatic rings. The maximum absolute atomic E-state index is 13.1. The number of rotatable bonds is 1. The third kappa shape index (κ3) is 1.87. The van der Waals surface area contributed by atoms with Gasteiger partial charge in [-0.2, -0.15) is 0 Å². The second-order valence-corrected chi connectivity index (χ2v) is 5.18. The standard InChI is InChI=1S/C11H17F2NO2/c1-7(2)8-10(16-9(15)14-8)3-5-11(12,13)6-4-10/h7-8H,3-6H2,1-2H3,(H,14,15). The third-order valence-electron chi connectivity index (χ3n) is 3.63. The molecule has 0 aromatic carbocycles. The topological polar surface area (TPSA) is 38.3 Å². The monoisotopic (exact) mass is 233 g/mol.